The third-order valence-corrected chi connectivity index (χ3v) is 7.29. The summed E-state index contributed by atoms with van der Waals surface area (Å²) >= 11 is 7.47. The molecule has 3 amide bonds. The number of rotatable bonds is 10. The molecule has 3 N–H and O–H groups in total. The van der Waals surface area contributed by atoms with E-state index < -0.39 is 11.8 Å². The van der Waals surface area contributed by atoms with E-state index in [1.165, 1.54) is 18.9 Å². The molecule has 9 heteroatoms. The molecule has 7 nitrogen and oxygen atoms in total. The van der Waals surface area contributed by atoms with Crippen molar-refractivity contribution < 1.29 is 19.1 Å². The van der Waals surface area contributed by atoms with Gasteiger partial charge in [-0.05, 0) is 67.1 Å². The Morgan fingerprint density at radius 2 is 1.59 bits per heavy atom. The van der Waals surface area contributed by atoms with Gasteiger partial charge in [0, 0.05) is 32.4 Å². The monoisotopic (exact) mass is 585 g/mol. The smallest absolute Gasteiger partial charge is 0.272 e. The molecule has 4 rings (SSSR count). The summed E-state index contributed by atoms with van der Waals surface area (Å²) in [5.41, 5.74) is 3.13. The normalized spacial score (nSPS) is 11.0. The van der Waals surface area contributed by atoms with E-state index in [4.69, 9.17) is 16.3 Å². The van der Waals surface area contributed by atoms with Gasteiger partial charge in [0.1, 0.15) is 11.4 Å². The Balaban J connectivity index is 1.47. The van der Waals surface area contributed by atoms with Gasteiger partial charge in [0.05, 0.1) is 12.9 Å². The summed E-state index contributed by atoms with van der Waals surface area (Å²) in [5, 5.41) is 8.99. The molecule has 0 radical (unpaired) electrons. The second-order valence-electron chi connectivity index (χ2n) is 8.90. The zero-order valence-corrected chi connectivity index (χ0v) is 24.0. The lowest BCUT2D eigenvalue weighted by atomic mass is 10.1. The van der Waals surface area contributed by atoms with Crippen molar-refractivity contribution in [2.24, 2.45) is 0 Å². The van der Waals surface area contributed by atoms with Crippen LogP contribution in [0.3, 0.4) is 0 Å². The Bertz CT molecular complexity index is 1590. The molecule has 4 aromatic rings. The highest BCUT2D eigenvalue weighted by atomic mass is 35.5. The van der Waals surface area contributed by atoms with Gasteiger partial charge in [0.2, 0.25) is 5.91 Å². The molecule has 0 fully saturated rings. The molecule has 0 heterocycles. The first-order valence-electron chi connectivity index (χ1n) is 12.6. The fourth-order valence-corrected chi connectivity index (χ4v) is 4.70. The third kappa shape index (κ3) is 8.48. The fourth-order valence-electron chi connectivity index (χ4n) is 3.76. The average Bonchev–Trinajstić information content (AvgIpc) is 2.98. The summed E-state index contributed by atoms with van der Waals surface area (Å²) in [4.78, 5) is 39.6. The highest BCUT2D eigenvalue weighted by Crippen LogP contribution is 2.25. The van der Waals surface area contributed by atoms with Gasteiger partial charge in [-0.15, -0.1) is 11.8 Å². The van der Waals surface area contributed by atoms with E-state index in [-0.39, 0.29) is 17.4 Å². The summed E-state index contributed by atoms with van der Waals surface area (Å²) in [6.45, 7) is 1.89. The first-order chi connectivity index (χ1) is 19.8. The number of thioether (sulfide) groups is 1. The second kappa shape index (κ2) is 14.2. The largest absolute Gasteiger partial charge is 0.496 e. The Labute approximate surface area is 248 Å². The topological polar surface area (TPSA) is 96.5 Å². The maximum Gasteiger partial charge on any atom is 0.272 e. The molecule has 0 aliphatic heterocycles. The first kappa shape index (κ1) is 29.5. The van der Waals surface area contributed by atoms with E-state index in [2.05, 4.69) is 16.0 Å². The summed E-state index contributed by atoms with van der Waals surface area (Å²) < 4.78 is 5.41. The average molecular weight is 586 g/mol. The summed E-state index contributed by atoms with van der Waals surface area (Å²) in [6, 6.07) is 28.3. The number of carbonyl (C=O) groups is 3. The van der Waals surface area contributed by atoms with Crippen molar-refractivity contribution in [3.63, 3.8) is 0 Å². The lowest BCUT2D eigenvalue weighted by molar-refractivity contribution is -0.114. The molecule has 41 heavy (non-hydrogen) atoms. The second-order valence-corrected chi connectivity index (χ2v) is 10.4. The van der Waals surface area contributed by atoms with Crippen molar-refractivity contribution in [3.05, 3.63) is 124 Å². The Kier molecular flexibility index (Phi) is 10.2. The predicted molar refractivity (Wildman–Crippen MR) is 165 cm³/mol. The summed E-state index contributed by atoms with van der Waals surface area (Å²) in [5.74, 6) is -0.413. The van der Waals surface area contributed by atoms with Crippen molar-refractivity contribution >= 4 is 58.5 Å². The van der Waals surface area contributed by atoms with Crippen LogP contribution in [-0.2, 0) is 9.59 Å². The quantitative estimate of drug-likeness (QED) is 0.140. The molecule has 208 valence electrons. The molecule has 0 aromatic heterocycles. The number of anilines is 2. The summed E-state index contributed by atoms with van der Waals surface area (Å²) in [6.07, 6.45) is 1.56. The highest BCUT2D eigenvalue weighted by molar-refractivity contribution is 8.00. The Hall–Kier alpha value is -4.53. The molecule has 0 saturated heterocycles. The number of para-hydroxylation sites is 1. The van der Waals surface area contributed by atoms with E-state index in [0.29, 0.717) is 33.3 Å². The lowest BCUT2D eigenvalue weighted by Gasteiger charge is -2.13. The van der Waals surface area contributed by atoms with E-state index in [9.17, 15) is 14.4 Å². The van der Waals surface area contributed by atoms with Crippen molar-refractivity contribution in [1.29, 1.82) is 0 Å². The number of methoxy groups -OCH3 is 1. The van der Waals surface area contributed by atoms with E-state index in [1.54, 1.807) is 72.8 Å². The van der Waals surface area contributed by atoms with Crippen LogP contribution in [0.15, 0.2) is 108 Å². The maximum atomic E-state index is 13.4. The van der Waals surface area contributed by atoms with Gasteiger partial charge in [0.25, 0.3) is 11.8 Å². The van der Waals surface area contributed by atoms with Crippen LogP contribution in [0.4, 0.5) is 11.4 Å². The van der Waals surface area contributed by atoms with Crippen LogP contribution in [-0.4, -0.2) is 30.6 Å². The number of benzene rings is 4. The summed E-state index contributed by atoms with van der Waals surface area (Å²) in [7, 11) is 1.54. The van der Waals surface area contributed by atoms with Crippen LogP contribution < -0.4 is 20.7 Å². The van der Waals surface area contributed by atoms with Gasteiger partial charge in [-0.1, -0.05) is 60.1 Å². The fraction of sp³-hybridized carbons (Fsp3) is 0.0938. The number of aryl methyl sites for hydroxylation is 1. The number of hydrogen-bond acceptors (Lipinski definition) is 5. The molecule has 0 spiro atoms. The number of hydrogen-bond donors (Lipinski definition) is 3. The molecule has 0 bridgehead atoms. The van der Waals surface area contributed by atoms with Gasteiger partial charge >= 0.3 is 0 Å². The van der Waals surface area contributed by atoms with Gasteiger partial charge < -0.3 is 20.7 Å². The lowest BCUT2D eigenvalue weighted by Crippen LogP contribution is -2.30. The standard InChI is InChI=1S/C32H28ClN3O4S/c1-21-15-16-25(19-27(21)33)34-30(37)20-41-26-13-8-12-24(18-26)35-32(39)28(17-23-11-6-7-14-29(23)40-2)36-31(38)22-9-4-3-5-10-22/h3-19H,20H2,1-2H3,(H,34,37)(H,35,39)(H,36,38)/b28-17+. The Morgan fingerprint density at radius 1 is 0.854 bits per heavy atom. The minimum absolute atomic E-state index is 0.0394. The minimum atomic E-state index is -0.517. The SMILES string of the molecule is COc1ccccc1/C=C(/NC(=O)c1ccccc1)C(=O)Nc1cccc(SCC(=O)Nc2ccc(C)c(Cl)c2)c1. The van der Waals surface area contributed by atoms with Crippen LogP contribution in [0.5, 0.6) is 5.75 Å². The van der Waals surface area contributed by atoms with Crippen molar-refractivity contribution in [1.82, 2.24) is 5.32 Å². The van der Waals surface area contributed by atoms with Crippen LogP contribution in [0.2, 0.25) is 5.02 Å². The molecular formula is C32H28ClN3O4S. The molecule has 0 unspecified atom stereocenters. The first-order valence-corrected chi connectivity index (χ1v) is 14.0. The number of ether oxygens (including phenoxy) is 1. The molecular weight excluding hydrogens is 558 g/mol. The molecule has 0 aliphatic rings. The van der Waals surface area contributed by atoms with Crippen LogP contribution in [0.25, 0.3) is 6.08 Å². The molecule has 0 saturated carbocycles. The van der Waals surface area contributed by atoms with Crippen molar-refractivity contribution in [2.75, 3.05) is 23.5 Å². The zero-order chi connectivity index (χ0) is 29.2. The minimum Gasteiger partial charge on any atom is -0.496 e. The highest BCUT2D eigenvalue weighted by Gasteiger charge is 2.16. The number of halogens is 1. The van der Waals surface area contributed by atoms with E-state index in [0.717, 1.165) is 10.5 Å². The predicted octanol–water partition coefficient (Wildman–Crippen LogP) is 6.80. The van der Waals surface area contributed by atoms with Crippen LogP contribution >= 0.6 is 23.4 Å². The Morgan fingerprint density at radius 3 is 2.34 bits per heavy atom. The van der Waals surface area contributed by atoms with Crippen LogP contribution in [0.1, 0.15) is 21.5 Å². The molecule has 4 aromatic carbocycles. The van der Waals surface area contributed by atoms with Crippen LogP contribution in [0, 0.1) is 6.92 Å². The maximum absolute atomic E-state index is 13.4. The van der Waals surface area contributed by atoms with Gasteiger partial charge in [-0.2, -0.15) is 0 Å². The number of carbonyl (C=O) groups excluding carboxylic acids is 3. The van der Waals surface area contributed by atoms with E-state index >= 15 is 0 Å². The van der Waals surface area contributed by atoms with Crippen molar-refractivity contribution in [3.8, 4) is 5.75 Å². The van der Waals surface area contributed by atoms with Gasteiger partial charge in [0.15, 0.2) is 0 Å². The zero-order valence-electron chi connectivity index (χ0n) is 22.4. The van der Waals surface area contributed by atoms with E-state index in [1.807, 2.05) is 37.3 Å². The van der Waals surface area contributed by atoms with Crippen molar-refractivity contribution in [2.45, 2.75) is 11.8 Å². The van der Waals surface area contributed by atoms with Gasteiger partial charge in [-0.3, -0.25) is 14.4 Å². The molecule has 0 atom stereocenters. The number of amides is 3. The molecule has 0 aliphatic carbocycles. The van der Waals surface area contributed by atoms with Gasteiger partial charge in [-0.25, -0.2) is 0 Å². The third-order valence-electron chi connectivity index (χ3n) is 5.88. The number of nitrogens with one attached hydrogen (secondary N) is 3.